The van der Waals surface area contributed by atoms with E-state index >= 15 is 0 Å². The molecule has 0 aromatic carbocycles. The summed E-state index contributed by atoms with van der Waals surface area (Å²) in [5, 5.41) is 3.34. The fourth-order valence-corrected chi connectivity index (χ4v) is 3.57. The molecule has 0 aromatic rings. The average Bonchev–Trinajstić information content (AvgIpc) is 2.90. The zero-order chi connectivity index (χ0) is 19.7. The number of carbonyl (C=O) groups is 1. The van der Waals surface area contributed by atoms with Crippen LogP contribution in [-0.4, -0.2) is 17.8 Å². The van der Waals surface area contributed by atoms with Gasteiger partial charge in [-0.2, -0.15) is 0 Å². The standard InChI is InChI=1S/C22H29NO.C2H6.CH4.H2O/c1-6-8-10-18-13-19(21(24)12-16(18)3)14-22(5)15-23-17(4)20(22)11-9-7-2;1-2;;/h6-7,9,11,14,18,23H,1,3-4,8,10,12-13,15H2,2,5H3;1-2H3;1H4;1H2/b9-7-,19-14+,20-11+;;;. The van der Waals surface area contributed by atoms with Gasteiger partial charge in [-0.3, -0.25) is 4.79 Å². The van der Waals surface area contributed by atoms with E-state index < -0.39 is 0 Å². The average molecular weight is 388 g/mol. The summed E-state index contributed by atoms with van der Waals surface area (Å²) >= 11 is 0. The molecule has 158 valence electrons. The summed E-state index contributed by atoms with van der Waals surface area (Å²) in [5.41, 5.74) is 3.93. The molecule has 2 aliphatic rings. The summed E-state index contributed by atoms with van der Waals surface area (Å²) in [6.07, 6.45) is 13.5. The van der Waals surface area contributed by atoms with Crippen LogP contribution in [0, 0.1) is 11.3 Å². The van der Waals surface area contributed by atoms with Crippen LogP contribution in [0.1, 0.15) is 60.8 Å². The molecule has 28 heavy (non-hydrogen) atoms. The van der Waals surface area contributed by atoms with Crippen molar-refractivity contribution < 1.29 is 10.3 Å². The van der Waals surface area contributed by atoms with Gasteiger partial charge >= 0.3 is 0 Å². The van der Waals surface area contributed by atoms with Crippen LogP contribution in [0.3, 0.4) is 0 Å². The van der Waals surface area contributed by atoms with Gasteiger partial charge in [-0.15, -0.1) is 6.58 Å². The Morgan fingerprint density at radius 3 is 2.50 bits per heavy atom. The van der Waals surface area contributed by atoms with E-state index in [4.69, 9.17) is 0 Å². The number of hydrogen-bond donors (Lipinski definition) is 1. The first-order chi connectivity index (χ1) is 12.4. The van der Waals surface area contributed by atoms with Gasteiger partial charge in [-0.05, 0) is 43.3 Å². The third kappa shape index (κ3) is 6.79. The summed E-state index contributed by atoms with van der Waals surface area (Å²) in [5.74, 6) is 0.607. The lowest BCUT2D eigenvalue weighted by molar-refractivity contribution is -0.115. The van der Waals surface area contributed by atoms with Crippen LogP contribution in [-0.2, 0) is 4.79 Å². The van der Waals surface area contributed by atoms with Crippen LogP contribution in [0.5, 0.6) is 0 Å². The molecule has 3 heteroatoms. The summed E-state index contributed by atoms with van der Waals surface area (Å²) < 4.78 is 0. The molecular formula is C25H41NO2. The summed E-state index contributed by atoms with van der Waals surface area (Å²) in [6.45, 7) is 21.0. The molecule has 0 spiro atoms. The van der Waals surface area contributed by atoms with Crippen molar-refractivity contribution in [2.24, 2.45) is 11.3 Å². The fraction of sp³-hybridized carbons (Fsp3) is 0.480. The van der Waals surface area contributed by atoms with Gasteiger partial charge in [0.25, 0.3) is 0 Å². The van der Waals surface area contributed by atoms with E-state index in [-0.39, 0.29) is 24.1 Å². The second kappa shape index (κ2) is 13.1. The number of carbonyl (C=O) groups excluding carboxylic acids is 1. The molecule has 1 heterocycles. The first-order valence-electron chi connectivity index (χ1n) is 9.71. The maximum absolute atomic E-state index is 12.5. The number of Topliss-reactive ketones (excluding diaryl/α,β-unsaturated/α-hetero) is 1. The van der Waals surface area contributed by atoms with E-state index in [0.717, 1.165) is 48.2 Å². The monoisotopic (exact) mass is 387 g/mol. The quantitative estimate of drug-likeness (QED) is 0.473. The molecule has 3 nitrogen and oxygen atoms in total. The van der Waals surface area contributed by atoms with Crippen molar-refractivity contribution in [3.8, 4) is 0 Å². The Labute approximate surface area is 173 Å². The molecule has 0 aromatic heterocycles. The number of allylic oxidation sites excluding steroid dienone is 7. The van der Waals surface area contributed by atoms with Gasteiger partial charge in [-0.25, -0.2) is 0 Å². The Morgan fingerprint density at radius 2 is 1.93 bits per heavy atom. The maximum atomic E-state index is 12.5. The lowest BCUT2D eigenvalue weighted by atomic mass is 9.74. The first kappa shape index (κ1) is 28.1. The Hall–Kier alpha value is -2.13. The van der Waals surface area contributed by atoms with Crippen LogP contribution in [0.4, 0.5) is 0 Å². The van der Waals surface area contributed by atoms with E-state index in [1.165, 1.54) is 0 Å². The molecule has 1 saturated carbocycles. The third-order valence-electron chi connectivity index (χ3n) is 5.07. The predicted molar refractivity (Wildman–Crippen MR) is 124 cm³/mol. The molecule has 1 saturated heterocycles. The van der Waals surface area contributed by atoms with E-state index in [2.05, 4.69) is 44.1 Å². The van der Waals surface area contributed by atoms with Gasteiger partial charge in [0.05, 0.1) is 0 Å². The lowest BCUT2D eigenvalue weighted by Gasteiger charge is -2.29. The highest BCUT2D eigenvalue weighted by atomic mass is 16.1. The highest BCUT2D eigenvalue weighted by molar-refractivity contribution is 5.98. The zero-order valence-corrected chi connectivity index (χ0v) is 17.5. The van der Waals surface area contributed by atoms with Crippen LogP contribution >= 0.6 is 0 Å². The van der Waals surface area contributed by atoms with Crippen LogP contribution in [0.2, 0.25) is 0 Å². The number of nitrogens with one attached hydrogen (secondary N) is 1. The number of rotatable bonds is 5. The second-order valence-electron chi connectivity index (χ2n) is 7.05. The predicted octanol–water partition coefficient (Wildman–Crippen LogP) is 5.88. The van der Waals surface area contributed by atoms with Gasteiger partial charge in [0.15, 0.2) is 5.78 Å². The lowest BCUT2D eigenvalue weighted by Crippen LogP contribution is -2.24. The van der Waals surface area contributed by atoms with Crippen molar-refractivity contribution in [2.45, 2.75) is 60.8 Å². The van der Waals surface area contributed by atoms with Gasteiger partial charge in [0, 0.05) is 24.1 Å². The van der Waals surface area contributed by atoms with Crippen molar-refractivity contribution in [3.05, 3.63) is 72.5 Å². The Kier molecular flexibility index (Phi) is 13.2. The largest absolute Gasteiger partial charge is 0.412 e. The normalized spacial score (nSPS) is 27.0. The molecule has 2 unspecified atom stereocenters. The molecule has 0 radical (unpaired) electrons. The second-order valence-corrected chi connectivity index (χ2v) is 7.05. The number of hydrogen-bond acceptors (Lipinski definition) is 2. The molecule has 1 aliphatic carbocycles. The summed E-state index contributed by atoms with van der Waals surface area (Å²) in [7, 11) is 0. The SMILES string of the molecule is C.C=CCCC1C/C(=C\C2(C)CNC(=C)/C2=C\C=C/C)C(=O)CC1=C.CC.O. The van der Waals surface area contributed by atoms with E-state index in [0.29, 0.717) is 12.3 Å². The van der Waals surface area contributed by atoms with E-state index in [1.807, 2.05) is 39.0 Å². The van der Waals surface area contributed by atoms with E-state index in [1.54, 1.807) is 0 Å². The summed E-state index contributed by atoms with van der Waals surface area (Å²) in [4.78, 5) is 12.5. The fourth-order valence-electron chi connectivity index (χ4n) is 3.57. The smallest absolute Gasteiger partial charge is 0.162 e. The zero-order valence-electron chi connectivity index (χ0n) is 17.5. The highest BCUT2D eigenvalue weighted by Crippen LogP contribution is 2.41. The topological polar surface area (TPSA) is 60.6 Å². The molecular weight excluding hydrogens is 346 g/mol. The van der Waals surface area contributed by atoms with Crippen molar-refractivity contribution in [2.75, 3.05) is 6.54 Å². The van der Waals surface area contributed by atoms with E-state index in [9.17, 15) is 4.79 Å². The Bertz CT molecular complexity index is 651. The summed E-state index contributed by atoms with van der Waals surface area (Å²) in [6, 6.07) is 0. The van der Waals surface area contributed by atoms with Crippen molar-refractivity contribution in [1.29, 1.82) is 0 Å². The molecule has 2 rings (SSSR count). The molecule has 0 amide bonds. The maximum Gasteiger partial charge on any atom is 0.162 e. The van der Waals surface area contributed by atoms with Crippen molar-refractivity contribution in [3.63, 3.8) is 0 Å². The van der Waals surface area contributed by atoms with Crippen molar-refractivity contribution in [1.82, 2.24) is 5.32 Å². The van der Waals surface area contributed by atoms with Gasteiger partial charge in [0.1, 0.15) is 0 Å². The Balaban J connectivity index is 0. The Morgan fingerprint density at radius 1 is 1.29 bits per heavy atom. The third-order valence-corrected chi connectivity index (χ3v) is 5.07. The molecule has 1 aliphatic heterocycles. The van der Waals surface area contributed by atoms with Gasteiger partial charge < -0.3 is 10.8 Å². The minimum atomic E-state index is -0.191. The highest BCUT2D eigenvalue weighted by Gasteiger charge is 2.36. The van der Waals surface area contributed by atoms with Gasteiger partial charge in [-0.1, -0.05) is 77.3 Å². The molecule has 2 fully saturated rings. The van der Waals surface area contributed by atoms with Crippen molar-refractivity contribution >= 4 is 5.78 Å². The van der Waals surface area contributed by atoms with Crippen LogP contribution in [0.25, 0.3) is 0 Å². The minimum Gasteiger partial charge on any atom is -0.412 e. The first-order valence-corrected chi connectivity index (χ1v) is 9.71. The van der Waals surface area contributed by atoms with Crippen LogP contribution in [0.15, 0.2) is 72.5 Å². The number of ketones is 1. The van der Waals surface area contributed by atoms with Crippen LogP contribution < -0.4 is 5.32 Å². The molecule has 2 atom stereocenters. The molecule has 3 N–H and O–H groups in total. The van der Waals surface area contributed by atoms with Gasteiger partial charge in [0.2, 0.25) is 0 Å². The molecule has 0 bridgehead atoms. The minimum absolute atomic E-state index is 0.